The summed E-state index contributed by atoms with van der Waals surface area (Å²) in [5, 5.41) is 3.63. The van der Waals surface area contributed by atoms with E-state index >= 15 is 0 Å². The largest absolute Gasteiger partial charge is 0.459 e. The van der Waals surface area contributed by atoms with Gasteiger partial charge in [-0.25, -0.2) is 4.98 Å². The summed E-state index contributed by atoms with van der Waals surface area (Å²) in [6, 6.07) is 3.31. The molecule has 0 atom stereocenters. The van der Waals surface area contributed by atoms with Gasteiger partial charge in [0.15, 0.2) is 5.76 Å². The average molecular weight is 222 g/mol. The van der Waals surface area contributed by atoms with Crippen molar-refractivity contribution in [3.8, 4) is 0 Å². The van der Waals surface area contributed by atoms with Crippen LogP contribution in [0, 0.1) is 6.92 Å². The second-order valence-corrected chi connectivity index (χ2v) is 4.34. The molecular formula is C10H10N2O2S. The number of carbonyl (C=O) groups is 1. The molecule has 0 aliphatic heterocycles. The molecule has 2 heterocycles. The Morgan fingerprint density at radius 1 is 1.67 bits per heavy atom. The molecule has 0 fully saturated rings. The van der Waals surface area contributed by atoms with Crippen LogP contribution in [0.3, 0.4) is 0 Å². The summed E-state index contributed by atoms with van der Waals surface area (Å²) in [6.07, 6.45) is 3.27. The summed E-state index contributed by atoms with van der Waals surface area (Å²) in [4.78, 5) is 16.7. The number of hydrogen-bond acceptors (Lipinski definition) is 4. The van der Waals surface area contributed by atoms with Gasteiger partial charge < -0.3 is 9.73 Å². The number of amides is 1. The zero-order chi connectivity index (χ0) is 10.7. The zero-order valence-electron chi connectivity index (χ0n) is 8.19. The lowest BCUT2D eigenvalue weighted by Gasteiger charge is -1.98. The highest BCUT2D eigenvalue weighted by Crippen LogP contribution is 2.10. The smallest absolute Gasteiger partial charge is 0.287 e. The molecule has 0 saturated carbocycles. The first-order chi connectivity index (χ1) is 7.25. The van der Waals surface area contributed by atoms with E-state index in [1.54, 1.807) is 29.7 Å². The molecule has 0 aliphatic carbocycles. The van der Waals surface area contributed by atoms with E-state index in [1.807, 2.05) is 6.92 Å². The number of nitrogens with one attached hydrogen (secondary N) is 1. The van der Waals surface area contributed by atoms with Gasteiger partial charge in [-0.2, -0.15) is 0 Å². The van der Waals surface area contributed by atoms with Gasteiger partial charge in [0.25, 0.3) is 5.91 Å². The highest BCUT2D eigenvalue weighted by atomic mass is 32.1. The first kappa shape index (κ1) is 9.92. The minimum atomic E-state index is -0.215. The highest BCUT2D eigenvalue weighted by molar-refractivity contribution is 7.11. The third-order valence-electron chi connectivity index (χ3n) is 1.81. The van der Waals surface area contributed by atoms with Gasteiger partial charge in [-0.3, -0.25) is 4.79 Å². The molecule has 4 nitrogen and oxygen atoms in total. The monoisotopic (exact) mass is 222 g/mol. The Morgan fingerprint density at radius 2 is 2.53 bits per heavy atom. The van der Waals surface area contributed by atoms with Crippen LogP contribution in [0.25, 0.3) is 0 Å². The molecule has 0 radical (unpaired) electrons. The van der Waals surface area contributed by atoms with Gasteiger partial charge in [0.05, 0.1) is 12.8 Å². The van der Waals surface area contributed by atoms with Crippen LogP contribution in [0.2, 0.25) is 0 Å². The fourth-order valence-electron chi connectivity index (χ4n) is 1.13. The number of hydrogen-bond donors (Lipinski definition) is 1. The number of thiazole rings is 1. The van der Waals surface area contributed by atoms with Crippen LogP contribution in [0.15, 0.2) is 29.0 Å². The molecular weight excluding hydrogens is 212 g/mol. The summed E-state index contributed by atoms with van der Waals surface area (Å²) in [6.45, 7) is 2.42. The van der Waals surface area contributed by atoms with Crippen molar-refractivity contribution < 1.29 is 9.21 Å². The van der Waals surface area contributed by atoms with Crippen molar-refractivity contribution in [2.24, 2.45) is 0 Å². The molecule has 1 amide bonds. The molecule has 0 aliphatic rings. The van der Waals surface area contributed by atoms with E-state index in [1.165, 1.54) is 6.26 Å². The van der Waals surface area contributed by atoms with Crippen molar-refractivity contribution in [3.05, 3.63) is 40.2 Å². The molecule has 0 unspecified atom stereocenters. The lowest BCUT2D eigenvalue weighted by molar-refractivity contribution is 0.0923. The normalized spacial score (nSPS) is 10.2. The van der Waals surface area contributed by atoms with Crippen LogP contribution < -0.4 is 5.32 Å². The molecule has 0 bridgehead atoms. The number of rotatable bonds is 3. The van der Waals surface area contributed by atoms with E-state index in [-0.39, 0.29) is 5.91 Å². The van der Waals surface area contributed by atoms with Crippen molar-refractivity contribution in [1.82, 2.24) is 10.3 Å². The van der Waals surface area contributed by atoms with Gasteiger partial charge in [-0.15, -0.1) is 11.3 Å². The Bertz CT molecular complexity index is 448. The summed E-state index contributed by atoms with van der Waals surface area (Å²) >= 11 is 1.57. The van der Waals surface area contributed by atoms with Crippen LogP contribution in [0.1, 0.15) is 20.4 Å². The molecule has 1 N–H and O–H groups in total. The summed E-state index contributed by atoms with van der Waals surface area (Å²) in [5.74, 6) is 0.108. The van der Waals surface area contributed by atoms with Crippen LogP contribution in [-0.4, -0.2) is 10.9 Å². The maximum Gasteiger partial charge on any atom is 0.287 e. The van der Waals surface area contributed by atoms with Crippen molar-refractivity contribution in [2.75, 3.05) is 0 Å². The van der Waals surface area contributed by atoms with Gasteiger partial charge in [0, 0.05) is 11.1 Å². The van der Waals surface area contributed by atoms with Crippen LogP contribution >= 0.6 is 11.3 Å². The Hall–Kier alpha value is -1.62. The molecule has 0 saturated heterocycles. The lowest BCUT2D eigenvalue weighted by Crippen LogP contribution is -2.22. The Kier molecular flexibility index (Phi) is 2.82. The van der Waals surface area contributed by atoms with Gasteiger partial charge in [0.1, 0.15) is 5.01 Å². The number of aromatic nitrogens is 1. The lowest BCUT2D eigenvalue weighted by atomic mass is 10.4. The van der Waals surface area contributed by atoms with E-state index in [0.29, 0.717) is 12.3 Å². The number of nitrogens with zero attached hydrogens (tertiary/aromatic N) is 1. The summed E-state index contributed by atoms with van der Waals surface area (Å²) in [7, 11) is 0. The van der Waals surface area contributed by atoms with Crippen LogP contribution in [0.4, 0.5) is 0 Å². The van der Waals surface area contributed by atoms with E-state index in [2.05, 4.69) is 10.3 Å². The Balaban J connectivity index is 1.91. The number of carbonyl (C=O) groups excluding carboxylic acids is 1. The van der Waals surface area contributed by atoms with E-state index in [4.69, 9.17) is 4.42 Å². The van der Waals surface area contributed by atoms with Crippen LogP contribution in [-0.2, 0) is 6.54 Å². The standard InChI is InChI=1S/C10H10N2O2S/c1-7-5-11-9(15-7)6-12-10(13)8-3-2-4-14-8/h2-5H,6H2,1H3,(H,12,13). The predicted molar refractivity (Wildman–Crippen MR) is 56.7 cm³/mol. The fraction of sp³-hybridized carbons (Fsp3) is 0.200. The quantitative estimate of drug-likeness (QED) is 0.863. The Morgan fingerprint density at radius 3 is 3.13 bits per heavy atom. The molecule has 0 aromatic carbocycles. The molecule has 0 spiro atoms. The number of furan rings is 1. The third-order valence-corrected chi connectivity index (χ3v) is 2.73. The first-order valence-electron chi connectivity index (χ1n) is 4.49. The van der Waals surface area contributed by atoms with Crippen molar-refractivity contribution in [1.29, 1.82) is 0 Å². The second-order valence-electron chi connectivity index (χ2n) is 3.02. The fourth-order valence-corrected chi connectivity index (χ4v) is 1.86. The number of aryl methyl sites for hydroxylation is 1. The topological polar surface area (TPSA) is 55.1 Å². The minimum Gasteiger partial charge on any atom is -0.459 e. The maximum atomic E-state index is 11.5. The SMILES string of the molecule is Cc1cnc(CNC(=O)c2ccco2)s1. The van der Waals surface area contributed by atoms with E-state index in [9.17, 15) is 4.79 Å². The summed E-state index contributed by atoms with van der Waals surface area (Å²) in [5.41, 5.74) is 0. The molecule has 78 valence electrons. The molecule has 2 rings (SSSR count). The van der Waals surface area contributed by atoms with Gasteiger partial charge >= 0.3 is 0 Å². The van der Waals surface area contributed by atoms with Crippen molar-refractivity contribution in [3.63, 3.8) is 0 Å². The van der Waals surface area contributed by atoms with Gasteiger partial charge in [-0.1, -0.05) is 0 Å². The molecule has 2 aromatic rings. The van der Waals surface area contributed by atoms with Gasteiger partial charge in [0.2, 0.25) is 0 Å². The zero-order valence-corrected chi connectivity index (χ0v) is 9.00. The second kappa shape index (κ2) is 4.27. The van der Waals surface area contributed by atoms with E-state index in [0.717, 1.165) is 9.88 Å². The van der Waals surface area contributed by atoms with Crippen molar-refractivity contribution >= 4 is 17.2 Å². The first-order valence-corrected chi connectivity index (χ1v) is 5.30. The summed E-state index contributed by atoms with van der Waals surface area (Å²) < 4.78 is 4.96. The highest BCUT2D eigenvalue weighted by Gasteiger charge is 2.08. The van der Waals surface area contributed by atoms with Crippen LogP contribution in [0.5, 0.6) is 0 Å². The minimum absolute atomic E-state index is 0.215. The molecule has 2 aromatic heterocycles. The average Bonchev–Trinajstić information content (AvgIpc) is 2.84. The third kappa shape index (κ3) is 2.44. The molecule has 15 heavy (non-hydrogen) atoms. The van der Waals surface area contributed by atoms with E-state index < -0.39 is 0 Å². The van der Waals surface area contributed by atoms with Gasteiger partial charge in [-0.05, 0) is 19.1 Å². The maximum absolute atomic E-state index is 11.5. The van der Waals surface area contributed by atoms with Crippen molar-refractivity contribution in [2.45, 2.75) is 13.5 Å². The molecule has 5 heteroatoms. The Labute approximate surface area is 90.9 Å². The predicted octanol–water partition coefficient (Wildman–Crippen LogP) is 1.97.